The Morgan fingerprint density at radius 3 is 2.41 bits per heavy atom. The Kier molecular flexibility index (Phi) is 5.57. The fourth-order valence-corrected chi connectivity index (χ4v) is 3.76. The second-order valence-electron chi connectivity index (χ2n) is 6.23. The van der Waals surface area contributed by atoms with Crippen molar-refractivity contribution < 1.29 is 18.0 Å². The molecule has 0 atom stereocenters. The minimum absolute atomic E-state index is 0.000853. The number of carbonyl (C=O) groups excluding carboxylic acids is 2. The fourth-order valence-electron chi connectivity index (χ4n) is 2.99. The van der Waals surface area contributed by atoms with Gasteiger partial charge in [-0.1, -0.05) is 18.2 Å². The number of amides is 2. The minimum atomic E-state index is -3.65. The van der Waals surface area contributed by atoms with Crippen LogP contribution in [0, 0.1) is 0 Å². The summed E-state index contributed by atoms with van der Waals surface area (Å²) < 4.78 is 26.1. The zero-order valence-electron chi connectivity index (χ0n) is 14.9. The lowest BCUT2D eigenvalue weighted by atomic mass is 10.1. The van der Waals surface area contributed by atoms with Crippen LogP contribution >= 0.6 is 0 Å². The van der Waals surface area contributed by atoms with Gasteiger partial charge in [0.15, 0.2) is 0 Å². The summed E-state index contributed by atoms with van der Waals surface area (Å²) >= 11 is 0. The van der Waals surface area contributed by atoms with Gasteiger partial charge in [-0.05, 0) is 50.2 Å². The molecule has 27 heavy (non-hydrogen) atoms. The van der Waals surface area contributed by atoms with E-state index in [1.807, 2.05) is 0 Å². The van der Waals surface area contributed by atoms with Crippen molar-refractivity contribution in [1.29, 1.82) is 0 Å². The molecule has 0 bridgehead atoms. The van der Waals surface area contributed by atoms with E-state index in [2.05, 4.69) is 10.0 Å². The number of benzene rings is 2. The van der Waals surface area contributed by atoms with Gasteiger partial charge in [0.2, 0.25) is 10.0 Å². The molecular weight excluding hydrogens is 366 g/mol. The molecular formula is C19H21N3O4S. The lowest BCUT2D eigenvalue weighted by molar-refractivity contribution is 0.0794. The molecule has 1 aliphatic heterocycles. The molecule has 0 aromatic heterocycles. The van der Waals surface area contributed by atoms with Crippen molar-refractivity contribution in [3.63, 3.8) is 0 Å². The van der Waals surface area contributed by atoms with E-state index in [9.17, 15) is 18.0 Å². The van der Waals surface area contributed by atoms with Crippen molar-refractivity contribution in [2.24, 2.45) is 0 Å². The van der Waals surface area contributed by atoms with Crippen LogP contribution in [0.3, 0.4) is 0 Å². The summed E-state index contributed by atoms with van der Waals surface area (Å²) in [5.74, 6) is -0.597. The number of hydrogen-bond donors (Lipinski definition) is 2. The first-order valence-electron chi connectivity index (χ1n) is 8.65. The van der Waals surface area contributed by atoms with Gasteiger partial charge in [-0.3, -0.25) is 9.59 Å². The van der Waals surface area contributed by atoms with Gasteiger partial charge in [0.25, 0.3) is 11.8 Å². The maximum Gasteiger partial charge on any atom is 0.255 e. The number of para-hydroxylation sites is 1. The van der Waals surface area contributed by atoms with Crippen LogP contribution in [0.15, 0.2) is 53.4 Å². The van der Waals surface area contributed by atoms with Gasteiger partial charge in [-0.2, -0.15) is 0 Å². The molecule has 1 aliphatic rings. The molecule has 2 amide bonds. The normalized spacial score (nSPS) is 14.2. The van der Waals surface area contributed by atoms with Gasteiger partial charge in [-0.15, -0.1) is 0 Å². The highest BCUT2D eigenvalue weighted by Gasteiger charge is 2.22. The topological polar surface area (TPSA) is 95.6 Å². The van der Waals surface area contributed by atoms with Crippen LogP contribution in [0.25, 0.3) is 0 Å². The SMILES string of the molecule is CNS(=O)(=O)c1cccc(C(=O)Nc2ccccc2C(=O)N2CCCC2)c1. The Balaban J connectivity index is 1.85. The molecule has 142 valence electrons. The first-order valence-corrected chi connectivity index (χ1v) is 10.1. The zero-order chi connectivity index (χ0) is 19.4. The molecule has 8 heteroatoms. The first-order chi connectivity index (χ1) is 12.9. The Morgan fingerprint density at radius 1 is 1.00 bits per heavy atom. The van der Waals surface area contributed by atoms with E-state index in [0.29, 0.717) is 24.3 Å². The molecule has 0 unspecified atom stereocenters. The molecule has 3 rings (SSSR count). The van der Waals surface area contributed by atoms with Crippen molar-refractivity contribution in [2.45, 2.75) is 17.7 Å². The highest BCUT2D eigenvalue weighted by Crippen LogP contribution is 2.21. The Labute approximate surface area is 158 Å². The largest absolute Gasteiger partial charge is 0.339 e. The minimum Gasteiger partial charge on any atom is -0.339 e. The number of sulfonamides is 1. The van der Waals surface area contributed by atoms with Gasteiger partial charge in [0.05, 0.1) is 16.1 Å². The molecule has 7 nitrogen and oxygen atoms in total. The van der Waals surface area contributed by atoms with Gasteiger partial charge in [0, 0.05) is 18.7 Å². The van der Waals surface area contributed by atoms with Crippen molar-refractivity contribution in [3.05, 3.63) is 59.7 Å². The monoisotopic (exact) mass is 387 g/mol. The van der Waals surface area contributed by atoms with E-state index in [4.69, 9.17) is 0 Å². The molecule has 1 saturated heterocycles. The summed E-state index contributed by atoms with van der Waals surface area (Å²) in [5.41, 5.74) is 1.02. The van der Waals surface area contributed by atoms with Crippen LogP contribution in [0.5, 0.6) is 0 Å². The average molecular weight is 387 g/mol. The van der Waals surface area contributed by atoms with E-state index in [1.165, 1.54) is 31.3 Å². The van der Waals surface area contributed by atoms with Crippen molar-refractivity contribution in [2.75, 3.05) is 25.5 Å². The number of carbonyl (C=O) groups is 2. The Bertz CT molecular complexity index is 966. The molecule has 2 aromatic carbocycles. The molecule has 2 N–H and O–H groups in total. The smallest absolute Gasteiger partial charge is 0.255 e. The number of nitrogens with one attached hydrogen (secondary N) is 2. The number of anilines is 1. The lowest BCUT2D eigenvalue weighted by Crippen LogP contribution is -2.28. The number of hydrogen-bond acceptors (Lipinski definition) is 4. The van der Waals surface area contributed by atoms with Crippen LogP contribution in [-0.4, -0.2) is 45.3 Å². The van der Waals surface area contributed by atoms with Gasteiger partial charge in [-0.25, -0.2) is 13.1 Å². The highest BCUT2D eigenvalue weighted by atomic mass is 32.2. The van der Waals surface area contributed by atoms with E-state index in [-0.39, 0.29) is 16.4 Å². The van der Waals surface area contributed by atoms with Crippen LogP contribution in [0.1, 0.15) is 33.6 Å². The van der Waals surface area contributed by atoms with Crippen LogP contribution in [0.2, 0.25) is 0 Å². The van der Waals surface area contributed by atoms with Crippen molar-refractivity contribution >= 4 is 27.5 Å². The predicted octanol–water partition coefficient (Wildman–Crippen LogP) is 2.08. The van der Waals surface area contributed by atoms with E-state index >= 15 is 0 Å². The summed E-state index contributed by atoms with van der Waals surface area (Å²) in [5, 5.41) is 2.73. The molecule has 0 radical (unpaired) electrons. The summed E-state index contributed by atoms with van der Waals surface area (Å²) in [4.78, 5) is 27.1. The third-order valence-corrected chi connectivity index (χ3v) is 5.89. The van der Waals surface area contributed by atoms with Crippen LogP contribution in [0.4, 0.5) is 5.69 Å². The second kappa shape index (κ2) is 7.89. The van der Waals surface area contributed by atoms with Gasteiger partial charge in [0.1, 0.15) is 0 Å². The third kappa shape index (κ3) is 4.17. The maximum atomic E-state index is 12.7. The Hall–Kier alpha value is -2.71. The molecule has 0 saturated carbocycles. The lowest BCUT2D eigenvalue weighted by Gasteiger charge is -2.18. The first kappa shape index (κ1) is 19.1. The molecule has 2 aromatic rings. The number of nitrogens with zero attached hydrogens (tertiary/aromatic N) is 1. The second-order valence-corrected chi connectivity index (χ2v) is 8.12. The summed E-state index contributed by atoms with van der Waals surface area (Å²) in [6.45, 7) is 1.43. The van der Waals surface area contributed by atoms with Gasteiger partial charge >= 0.3 is 0 Å². The molecule has 1 fully saturated rings. The highest BCUT2D eigenvalue weighted by molar-refractivity contribution is 7.89. The predicted molar refractivity (Wildman–Crippen MR) is 102 cm³/mol. The van der Waals surface area contributed by atoms with Gasteiger partial charge < -0.3 is 10.2 Å². The Morgan fingerprint density at radius 2 is 1.70 bits per heavy atom. The molecule has 0 aliphatic carbocycles. The van der Waals surface area contributed by atoms with E-state index in [0.717, 1.165) is 12.8 Å². The quantitative estimate of drug-likeness (QED) is 0.821. The summed E-state index contributed by atoms with van der Waals surface area (Å²) in [7, 11) is -2.34. The van der Waals surface area contributed by atoms with E-state index < -0.39 is 15.9 Å². The number of likely N-dealkylation sites (tertiary alicyclic amines) is 1. The van der Waals surface area contributed by atoms with Crippen LogP contribution < -0.4 is 10.0 Å². The average Bonchev–Trinajstić information content (AvgIpc) is 3.23. The van der Waals surface area contributed by atoms with E-state index in [1.54, 1.807) is 29.2 Å². The summed E-state index contributed by atoms with van der Waals surface area (Å²) in [6.07, 6.45) is 1.96. The van der Waals surface area contributed by atoms with Crippen molar-refractivity contribution in [1.82, 2.24) is 9.62 Å². The maximum absolute atomic E-state index is 12.7. The fraction of sp³-hybridized carbons (Fsp3) is 0.263. The molecule has 1 heterocycles. The third-order valence-electron chi connectivity index (χ3n) is 4.47. The zero-order valence-corrected chi connectivity index (χ0v) is 15.8. The summed E-state index contributed by atoms with van der Waals surface area (Å²) in [6, 6.07) is 12.6. The number of rotatable bonds is 5. The molecule has 0 spiro atoms. The van der Waals surface area contributed by atoms with Crippen LogP contribution in [-0.2, 0) is 10.0 Å². The van der Waals surface area contributed by atoms with Crippen molar-refractivity contribution in [3.8, 4) is 0 Å². The standard InChI is InChI=1S/C19H21N3O4S/c1-20-27(25,26)15-8-6-7-14(13-15)18(23)21-17-10-3-2-9-16(17)19(24)22-11-4-5-12-22/h2-3,6-10,13,20H,4-5,11-12H2,1H3,(H,21,23).